The maximum Gasteiger partial charge on any atom is 0.343 e. The molecule has 35 heavy (non-hydrogen) atoms. The van der Waals surface area contributed by atoms with Crippen LogP contribution in [0.2, 0.25) is 10.0 Å². The molecule has 3 aromatic carbocycles. The lowest BCUT2D eigenvalue weighted by molar-refractivity contribution is -0.123. The van der Waals surface area contributed by atoms with Gasteiger partial charge in [0.15, 0.2) is 6.61 Å². The minimum atomic E-state index is -0.473. The normalized spacial score (nSPS) is 10.7. The van der Waals surface area contributed by atoms with E-state index in [4.69, 9.17) is 37.4 Å². The lowest BCUT2D eigenvalue weighted by atomic mass is 10.2. The molecule has 0 radical (unpaired) electrons. The quantitative estimate of drug-likeness (QED) is 0.113. The van der Waals surface area contributed by atoms with Gasteiger partial charge < -0.3 is 14.2 Å². The summed E-state index contributed by atoms with van der Waals surface area (Å²) in [6.07, 6.45) is 3.49. The predicted molar refractivity (Wildman–Crippen MR) is 136 cm³/mol. The van der Waals surface area contributed by atoms with Crippen LogP contribution in [0, 0.1) is 0 Å². The lowest BCUT2D eigenvalue weighted by Crippen LogP contribution is -2.24. The highest BCUT2D eigenvalue weighted by Crippen LogP contribution is 2.27. The van der Waals surface area contributed by atoms with Crippen LogP contribution in [0.4, 0.5) is 0 Å². The topological polar surface area (TPSA) is 86.2 Å². The molecule has 0 heterocycles. The minimum absolute atomic E-state index is 0.264. The molecule has 0 spiro atoms. The van der Waals surface area contributed by atoms with Crippen molar-refractivity contribution in [1.82, 2.24) is 5.43 Å². The summed E-state index contributed by atoms with van der Waals surface area (Å²) in [6.45, 7) is 2.47. The van der Waals surface area contributed by atoms with Gasteiger partial charge in [0.05, 0.1) is 23.4 Å². The monoisotopic (exact) mass is 514 g/mol. The van der Waals surface area contributed by atoms with Crippen molar-refractivity contribution in [3.63, 3.8) is 0 Å². The van der Waals surface area contributed by atoms with Crippen LogP contribution in [0.3, 0.4) is 0 Å². The molecule has 0 saturated carbocycles. The molecular weight excluding hydrogens is 491 g/mol. The molecule has 0 aliphatic rings. The van der Waals surface area contributed by atoms with Gasteiger partial charge in [0, 0.05) is 5.02 Å². The number of carbonyl (C=O) groups excluding carboxylic acids is 2. The first kappa shape index (κ1) is 26.1. The minimum Gasteiger partial charge on any atom is -0.494 e. The largest absolute Gasteiger partial charge is 0.494 e. The third kappa shape index (κ3) is 8.63. The van der Waals surface area contributed by atoms with Crippen molar-refractivity contribution in [3.8, 4) is 17.2 Å². The van der Waals surface area contributed by atoms with Crippen molar-refractivity contribution in [2.75, 3.05) is 13.2 Å². The van der Waals surface area contributed by atoms with E-state index in [1.54, 1.807) is 60.7 Å². The van der Waals surface area contributed by atoms with Gasteiger partial charge in [-0.05, 0) is 78.7 Å². The summed E-state index contributed by atoms with van der Waals surface area (Å²) in [5.41, 5.74) is 3.48. The summed E-state index contributed by atoms with van der Waals surface area (Å²) >= 11 is 11.8. The molecular formula is C26H24Cl2N2O5. The Hall–Kier alpha value is -3.55. The SMILES string of the molecule is CCCCOc1ccc(C(=O)Oc2ccc(C=NNC(=O)COc3ccc(Cl)cc3Cl)cc2)cc1. The van der Waals surface area contributed by atoms with Crippen LogP contribution in [0.1, 0.15) is 35.7 Å². The van der Waals surface area contributed by atoms with E-state index in [2.05, 4.69) is 17.5 Å². The molecule has 182 valence electrons. The molecule has 0 fully saturated rings. The molecule has 7 nitrogen and oxygen atoms in total. The fraction of sp³-hybridized carbons (Fsp3) is 0.192. The van der Waals surface area contributed by atoms with Crippen LogP contribution in [0.5, 0.6) is 17.2 Å². The van der Waals surface area contributed by atoms with Crippen molar-refractivity contribution < 1.29 is 23.8 Å². The molecule has 3 rings (SSSR count). The molecule has 0 saturated heterocycles. The summed E-state index contributed by atoms with van der Waals surface area (Å²) in [6, 6.07) is 18.2. The predicted octanol–water partition coefficient (Wildman–Crippen LogP) is 5.92. The standard InChI is InChI=1S/C26H24Cl2N2O5/c1-2-3-14-33-21-11-6-19(7-12-21)26(32)35-22-9-4-18(5-10-22)16-29-30-25(31)17-34-24-13-8-20(27)15-23(24)28/h4-13,15-16H,2-3,14,17H2,1H3,(H,30,31). The lowest BCUT2D eigenvalue weighted by Gasteiger charge is -2.07. The maximum atomic E-state index is 12.4. The van der Waals surface area contributed by atoms with E-state index in [-0.39, 0.29) is 6.61 Å². The van der Waals surface area contributed by atoms with Gasteiger partial charge in [-0.1, -0.05) is 36.5 Å². The van der Waals surface area contributed by atoms with Crippen molar-refractivity contribution in [2.45, 2.75) is 19.8 Å². The van der Waals surface area contributed by atoms with E-state index in [9.17, 15) is 9.59 Å². The average Bonchev–Trinajstić information content (AvgIpc) is 2.85. The van der Waals surface area contributed by atoms with Crippen LogP contribution in [-0.4, -0.2) is 31.3 Å². The van der Waals surface area contributed by atoms with Crippen LogP contribution in [0.15, 0.2) is 71.8 Å². The number of amides is 1. The van der Waals surface area contributed by atoms with Crippen molar-refractivity contribution >= 4 is 41.3 Å². The smallest absolute Gasteiger partial charge is 0.343 e. The number of hydrogen-bond acceptors (Lipinski definition) is 6. The maximum absolute atomic E-state index is 12.4. The van der Waals surface area contributed by atoms with Gasteiger partial charge in [-0.25, -0.2) is 10.2 Å². The van der Waals surface area contributed by atoms with Gasteiger partial charge >= 0.3 is 5.97 Å². The number of halogens is 2. The number of ether oxygens (including phenoxy) is 3. The van der Waals surface area contributed by atoms with Gasteiger partial charge in [0.1, 0.15) is 17.2 Å². The van der Waals surface area contributed by atoms with Gasteiger partial charge in [-0.2, -0.15) is 5.10 Å². The zero-order valence-corrected chi connectivity index (χ0v) is 20.5. The second kappa shape index (κ2) is 13.4. The van der Waals surface area contributed by atoms with Gasteiger partial charge in [-0.15, -0.1) is 0 Å². The van der Waals surface area contributed by atoms with Crippen molar-refractivity contribution in [3.05, 3.63) is 87.9 Å². The fourth-order valence-electron chi connectivity index (χ4n) is 2.76. The number of carbonyl (C=O) groups is 2. The number of esters is 1. The molecule has 3 aromatic rings. The Bertz CT molecular complexity index is 1170. The Morgan fingerprint density at radius 2 is 1.66 bits per heavy atom. The second-order valence-electron chi connectivity index (χ2n) is 7.34. The van der Waals surface area contributed by atoms with E-state index in [1.807, 2.05) is 0 Å². The summed E-state index contributed by atoms with van der Waals surface area (Å²) in [4.78, 5) is 24.3. The Labute approximate surface area is 213 Å². The van der Waals surface area contributed by atoms with Gasteiger partial charge in [-0.3, -0.25) is 4.79 Å². The summed E-state index contributed by atoms with van der Waals surface area (Å²) in [5, 5.41) is 4.66. The first-order valence-electron chi connectivity index (χ1n) is 10.9. The molecule has 9 heteroatoms. The molecule has 1 N–H and O–H groups in total. The van der Waals surface area contributed by atoms with Gasteiger partial charge in [0.2, 0.25) is 0 Å². The molecule has 0 bridgehead atoms. The Morgan fingerprint density at radius 3 is 2.34 bits per heavy atom. The highest BCUT2D eigenvalue weighted by molar-refractivity contribution is 6.35. The van der Waals surface area contributed by atoms with E-state index in [0.717, 1.165) is 12.8 Å². The highest BCUT2D eigenvalue weighted by atomic mass is 35.5. The molecule has 0 atom stereocenters. The number of benzene rings is 3. The van der Waals surface area contributed by atoms with Gasteiger partial charge in [0.25, 0.3) is 5.91 Å². The molecule has 0 aliphatic heterocycles. The van der Waals surface area contributed by atoms with E-state index < -0.39 is 11.9 Å². The zero-order chi connectivity index (χ0) is 25.0. The number of rotatable bonds is 11. The molecule has 1 amide bonds. The molecule has 0 aliphatic carbocycles. The first-order valence-corrected chi connectivity index (χ1v) is 11.6. The number of nitrogens with one attached hydrogen (secondary N) is 1. The van der Waals surface area contributed by atoms with Crippen LogP contribution < -0.4 is 19.6 Å². The van der Waals surface area contributed by atoms with E-state index in [1.165, 1.54) is 12.3 Å². The Kier molecular flexibility index (Phi) is 9.95. The average molecular weight is 515 g/mol. The van der Waals surface area contributed by atoms with Crippen molar-refractivity contribution in [2.24, 2.45) is 5.10 Å². The first-order chi connectivity index (χ1) is 16.9. The highest BCUT2D eigenvalue weighted by Gasteiger charge is 2.09. The third-order valence-electron chi connectivity index (χ3n) is 4.60. The summed E-state index contributed by atoms with van der Waals surface area (Å²) in [7, 11) is 0. The van der Waals surface area contributed by atoms with E-state index >= 15 is 0 Å². The van der Waals surface area contributed by atoms with Crippen molar-refractivity contribution in [1.29, 1.82) is 0 Å². The van der Waals surface area contributed by atoms with Crippen LogP contribution in [-0.2, 0) is 4.79 Å². The number of hydrogen-bond donors (Lipinski definition) is 1. The number of unbranched alkanes of at least 4 members (excludes halogenated alkanes) is 1. The summed E-state index contributed by atoms with van der Waals surface area (Å²) in [5.74, 6) is 0.509. The van der Waals surface area contributed by atoms with E-state index in [0.29, 0.717) is 45.0 Å². The molecule has 0 unspecified atom stereocenters. The fourth-order valence-corrected chi connectivity index (χ4v) is 3.22. The van der Waals surface area contributed by atoms with Crippen LogP contribution >= 0.6 is 23.2 Å². The third-order valence-corrected chi connectivity index (χ3v) is 5.13. The summed E-state index contributed by atoms with van der Waals surface area (Å²) < 4.78 is 16.3. The number of nitrogens with zero attached hydrogens (tertiary/aromatic N) is 1. The zero-order valence-electron chi connectivity index (χ0n) is 19.0. The second-order valence-corrected chi connectivity index (χ2v) is 8.19. The van der Waals surface area contributed by atoms with Crippen LogP contribution in [0.25, 0.3) is 0 Å². The number of hydrazone groups is 1. The Balaban J connectivity index is 1.44. The molecule has 0 aromatic heterocycles. The Morgan fingerprint density at radius 1 is 0.943 bits per heavy atom.